The Morgan fingerprint density at radius 3 is 2.83 bits per heavy atom. The number of benzene rings is 1. The molecule has 0 aliphatic heterocycles. The number of carbonyl (C=O) groups excluding carboxylic acids is 1. The van der Waals surface area contributed by atoms with E-state index >= 15 is 0 Å². The molecular formula is C13H17N3O2. The largest absolute Gasteiger partial charge is 0.491 e. The highest BCUT2D eigenvalue weighted by Crippen LogP contribution is 2.16. The molecule has 1 aromatic rings. The van der Waals surface area contributed by atoms with Gasteiger partial charge in [0.15, 0.2) is 0 Å². The number of hydrogen-bond acceptors (Lipinski definition) is 4. The number of rotatable bonds is 7. The van der Waals surface area contributed by atoms with Crippen LogP contribution in [0.5, 0.6) is 5.75 Å². The van der Waals surface area contributed by atoms with Gasteiger partial charge in [-0.2, -0.15) is 5.26 Å². The van der Waals surface area contributed by atoms with E-state index in [4.69, 9.17) is 15.7 Å². The van der Waals surface area contributed by atoms with Crippen LogP contribution in [0.4, 0.5) is 0 Å². The van der Waals surface area contributed by atoms with Gasteiger partial charge >= 0.3 is 0 Å². The molecule has 0 saturated heterocycles. The molecule has 0 atom stereocenters. The Morgan fingerprint density at radius 2 is 2.22 bits per heavy atom. The second-order valence-corrected chi connectivity index (χ2v) is 3.79. The molecule has 2 N–H and O–H groups in total. The summed E-state index contributed by atoms with van der Waals surface area (Å²) < 4.78 is 5.53. The van der Waals surface area contributed by atoms with Crippen molar-refractivity contribution in [3.05, 3.63) is 29.8 Å². The maximum Gasteiger partial charge on any atom is 0.231 e. The van der Waals surface area contributed by atoms with E-state index in [1.54, 1.807) is 18.2 Å². The molecule has 1 rings (SSSR count). The number of primary amides is 1. The van der Waals surface area contributed by atoms with E-state index in [0.29, 0.717) is 24.5 Å². The van der Waals surface area contributed by atoms with Crippen molar-refractivity contribution in [2.24, 2.45) is 5.73 Å². The average Bonchev–Trinajstić information content (AvgIpc) is 2.37. The van der Waals surface area contributed by atoms with Crippen LogP contribution in [0.1, 0.15) is 12.5 Å². The van der Waals surface area contributed by atoms with Crippen molar-refractivity contribution in [1.82, 2.24) is 4.90 Å². The van der Waals surface area contributed by atoms with Crippen molar-refractivity contribution >= 4 is 5.91 Å². The van der Waals surface area contributed by atoms with Crippen molar-refractivity contribution in [3.8, 4) is 11.8 Å². The van der Waals surface area contributed by atoms with Gasteiger partial charge in [0.1, 0.15) is 18.4 Å². The summed E-state index contributed by atoms with van der Waals surface area (Å²) in [7, 11) is 0. The fraction of sp³-hybridized carbons (Fsp3) is 0.385. The number of likely N-dealkylation sites (N-methyl/N-ethyl adjacent to an activating group) is 1. The van der Waals surface area contributed by atoms with Gasteiger partial charge in [0.2, 0.25) is 5.91 Å². The number of amides is 1. The zero-order valence-corrected chi connectivity index (χ0v) is 10.4. The second-order valence-electron chi connectivity index (χ2n) is 3.79. The first-order valence-corrected chi connectivity index (χ1v) is 5.80. The molecule has 0 heterocycles. The van der Waals surface area contributed by atoms with Crippen LogP contribution in [0.15, 0.2) is 24.3 Å². The fourth-order valence-electron chi connectivity index (χ4n) is 1.54. The molecule has 5 nitrogen and oxygen atoms in total. The lowest BCUT2D eigenvalue weighted by Crippen LogP contribution is -2.36. The summed E-state index contributed by atoms with van der Waals surface area (Å²) in [6, 6.07) is 9.13. The monoisotopic (exact) mass is 247 g/mol. The molecule has 0 aliphatic rings. The van der Waals surface area contributed by atoms with Crippen molar-refractivity contribution in [3.63, 3.8) is 0 Å². The van der Waals surface area contributed by atoms with Gasteiger partial charge in [-0.15, -0.1) is 0 Å². The molecule has 1 amide bonds. The number of nitrogens with two attached hydrogens (primary N) is 1. The van der Waals surface area contributed by atoms with Crippen LogP contribution in [-0.4, -0.2) is 37.0 Å². The molecule has 0 radical (unpaired) electrons. The maximum absolute atomic E-state index is 10.8. The Morgan fingerprint density at radius 1 is 1.50 bits per heavy atom. The summed E-state index contributed by atoms with van der Waals surface area (Å²) in [5.41, 5.74) is 5.64. The van der Waals surface area contributed by atoms with Crippen LogP contribution in [-0.2, 0) is 4.79 Å². The predicted octanol–water partition coefficient (Wildman–Crippen LogP) is 0.744. The van der Waals surface area contributed by atoms with Crippen LogP contribution in [0.25, 0.3) is 0 Å². The van der Waals surface area contributed by atoms with E-state index in [-0.39, 0.29) is 12.5 Å². The van der Waals surface area contributed by atoms with Gasteiger partial charge < -0.3 is 10.5 Å². The quantitative estimate of drug-likeness (QED) is 0.771. The Hall–Kier alpha value is -2.06. The molecule has 18 heavy (non-hydrogen) atoms. The first-order chi connectivity index (χ1) is 8.67. The van der Waals surface area contributed by atoms with E-state index in [0.717, 1.165) is 6.54 Å². The van der Waals surface area contributed by atoms with Crippen LogP contribution in [0.2, 0.25) is 0 Å². The highest BCUT2D eigenvalue weighted by Gasteiger charge is 2.07. The number of carbonyl (C=O) groups is 1. The summed E-state index contributed by atoms with van der Waals surface area (Å²) in [6.07, 6.45) is 0. The summed E-state index contributed by atoms with van der Waals surface area (Å²) in [4.78, 5) is 12.7. The Kier molecular flexibility index (Phi) is 5.68. The summed E-state index contributed by atoms with van der Waals surface area (Å²) in [5.74, 6) is 0.212. The number of nitrogens with zero attached hydrogens (tertiary/aromatic N) is 2. The lowest BCUT2D eigenvalue weighted by molar-refractivity contribution is -0.119. The maximum atomic E-state index is 10.8. The minimum Gasteiger partial charge on any atom is -0.491 e. The van der Waals surface area contributed by atoms with Crippen molar-refractivity contribution < 1.29 is 9.53 Å². The zero-order valence-electron chi connectivity index (χ0n) is 10.4. The lowest BCUT2D eigenvalue weighted by atomic mass is 10.2. The first kappa shape index (κ1) is 14.0. The Bertz CT molecular complexity index is 440. The van der Waals surface area contributed by atoms with Gasteiger partial charge in [0.25, 0.3) is 0 Å². The molecule has 0 aliphatic carbocycles. The summed E-state index contributed by atoms with van der Waals surface area (Å²) >= 11 is 0. The van der Waals surface area contributed by atoms with Gasteiger partial charge in [-0.25, -0.2) is 0 Å². The van der Waals surface area contributed by atoms with Crippen LogP contribution >= 0.6 is 0 Å². The summed E-state index contributed by atoms with van der Waals surface area (Å²) in [6.45, 7) is 3.91. The van der Waals surface area contributed by atoms with Crippen molar-refractivity contribution in [2.45, 2.75) is 6.92 Å². The standard InChI is InChI=1S/C13H17N3O2/c1-2-16(10-13(15)17)7-8-18-12-6-4-3-5-11(12)9-14/h3-6H,2,7-8,10H2,1H3,(H2,15,17). The van der Waals surface area contributed by atoms with Crippen LogP contribution in [0, 0.1) is 11.3 Å². The molecule has 0 unspecified atom stereocenters. The third-order valence-corrected chi connectivity index (χ3v) is 2.50. The first-order valence-electron chi connectivity index (χ1n) is 5.80. The molecule has 0 fully saturated rings. The van der Waals surface area contributed by atoms with E-state index in [2.05, 4.69) is 6.07 Å². The molecule has 0 aromatic heterocycles. The Labute approximate surface area is 107 Å². The Balaban J connectivity index is 2.45. The van der Waals surface area contributed by atoms with E-state index in [1.165, 1.54) is 0 Å². The topological polar surface area (TPSA) is 79.3 Å². The third kappa shape index (κ3) is 4.44. The van der Waals surface area contributed by atoms with Crippen LogP contribution in [0.3, 0.4) is 0 Å². The molecule has 0 bridgehead atoms. The highest BCUT2D eigenvalue weighted by atomic mass is 16.5. The molecule has 96 valence electrons. The number of hydrogen-bond donors (Lipinski definition) is 1. The highest BCUT2D eigenvalue weighted by molar-refractivity contribution is 5.75. The number of nitriles is 1. The predicted molar refractivity (Wildman–Crippen MR) is 68.0 cm³/mol. The normalized spacial score (nSPS) is 10.1. The van der Waals surface area contributed by atoms with E-state index < -0.39 is 0 Å². The van der Waals surface area contributed by atoms with Gasteiger partial charge in [0, 0.05) is 6.54 Å². The molecular weight excluding hydrogens is 230 g/mol. The zero-order chi connectivity index (χ0) is 13.4. The second kappa shape index (κ2) is 7.30. The molecule has 0 saturated carbocycles. The minimum atomic E-state index is -0.353. The number of para-hydroxylation sites is 1. The van der Waals surface area contributed by atoms with E-state index in [1.807, 2.05) is 17.9 Å². The average molecular weight is 247 g/mol. The minimum absolute atomic E-state index is 0.222. The van der Waals surface area contributed by atoms with Gasteiger partial charge in [-0.3, -0.25) is 9.69 Å². The van der Waals surface area contributed by atoms with Gasteiger partial charge in [-0.1, -0.05) is 19.1 Å². The van der Waals surface area contributed by atoms with Crippen molar-refractivity contribution in [1.29, 1.82) is 5.26 Å². The fourth-order valence-corrected chi connectivity index (χ4v) is 1.54. The lowest BCUT2D eigenvalue weighted by Gasteiger charge is -2.18. The van der Waals surface area contributed by atoms with Gasteiger partial charge in [0.05, 0.1) is 12.1 Å². The van der Waals surface area contributed by atoms with Gasteiger partial charge in [-0.05, 0) is 18.7 Å². The van der Waals surface area contributed by atoms with Crippen molar-refractivity contribution in [2.75, 3.05) is 26.2 Å². The number of ether oxygens (including phenoxy) is 1. The summed E-state index contributed by atoms with van der Waals surface area (Å²) in [5, 5.41) is 8.89. The molecule has 0 spiro atoms. The van der Waals surface area contributed by atoms with E-state index in [9.17, 15) is 4.79 Å². The molecule has 1 aromatic carbocycles. The van der Waals surface area contributed by atoms with Crippen LogP contribution < -0.4 is 10.5 Å². The SMILES string of the molecule is CCN(CCOc1ccccc1C#N)CC(N)=O. The third-order valence-electron chi connectivity index (χ3n) is 2.50. The smallest absolute Gasteiger partial charge is 0.231 e. The molecule has 5 heteroatoms.